The number of benzene rings is 2. The van der Waals surface area contributed by atoms with Gasteiger partial charge in [-0.15, -0.1) is 0 Å². The molecule has 0 bridgehead atoms. The molecule has 6 nitrogen and oxygen atoms in total. The highest BCUT2D eigenvalue weighted by molar-refractivity contribution is 5.80. The van der Waals surface area contributed by atoms with Crippen LogP contribution in [0.4, 0.5) is 22.0 Å². The largest absolute Gasteiger partial charge is 0.389 e. The Hall–Kier alpha value is -4.02. The molecule has 186 valence electrons. The quantitative estimate of drug-likeness (QED) is 0.304. The van der Waals surface area contributed by atoms with Crippen LogP contribution in [-0.4, -0.2) is 32.5 Å². The Balaban J connectivity index is 1.21. The number of rotatable bonds is 7. The van der Waals surface area contributed by atoms with Crippen LogP contribution in [0.5, 0.6) is 0 Å². The highest BCUT2D eigenvalue weighted by Gasteiger charge is 2.26. The van der Waals surface area contributed by atoms with E-state index in [1.807, 2.05) is 0 Å². The Kier molecular flexibility index (Phi) is 6.29. The van der Waals surface area contributed by atoms with Crippen LogP contribution in [0.25, 0.3) is 22.6 Å². The van der Waals surface area contributed by atoms with Gasteiger partial charge >= 0.3 is 6.18 Å². The van der Waals surface area contributed by atoms with Crippen molar-refractivity contribution in [1.29, 1.82) is 0 Å². The van der Waals surface area contributed by atoms with Gasteiger partial charge in [-0.05, 0) is 30.5 Å². The van der Waals surface area contributed by atoms with Crippen molar-refractivity contribution in [1.82, 2.24) is 20.1 Å². The summed E-state index contributed by atoms with van der Waals surface area (Å²) in [6.45, 7) is 0.652. The minimum atomic E-state index is -4.14. The van der Waals surface area contributed by atoms with Crippen LogP contribution in [0, 0.1) is 11.6 Å². The number of alkyl halides is 3. The lowest BCUT2D eigenvalue weighted by atomic mass is 10.0. The van der Waals surface area contributed by atoms with Crippen molar-refractivity contribution in [3.8, 4) is 22.6 Å². The van der Waals surface area contributed by atoms with E-state index in [0.29, 0.717) is 42.4 Å². The summed E-state index contributed by atoms with van der Waals surface area (Å²) < 4.78 is 70.1. The molecule has 0 saturated carbocycles. The molecule has 4 aromatic rings. The van der Waals surface area contributed by atoms with Crippen molar-refractivity contribution in [2.75, 3.05) is 0 Å². The van der Waals surface area contributed by atoms with E-state index in [4.69, 9.17) is 4.52 Å². The number of hydrazone groups is 1. The van der Waals surface area contributed by atoms with Gasteiger partial charge in [-0.25, -0.2) is 13.8 Å². The lowest BCUT2D eigenvalue weighted by Gasteiger charge is -2.19. The number of aromatic nitrogens is 3. The van der Waals surface area contributed by atoms with Gasteiger partial charge in [0.05, 0.1) is 30.6 Å². The molecule has 5 rings (SSSR count). The highest BCUT2D eigenvalue weighted by atomic mass is 19.4. The molecule has 0 fully saturated rings. The van der Waals surface area contributed by atoms with Gasteiger partial charge in [0.1, 0.15) is 17.2 Å². The first kappa shape index (κ1) is 23.7. The molecule has 2 aromatic carbocycles. The molecule has 3 heterocycles. The summed E-state index contributed by atoms with van der Waals surface area (Å²) in [5, 5.41) is 10.1. The second-order valence-electron chi connectivity index (χ2n) is 8.46. The molecular weight excluding hydrogens is 481 g/mol. The average molecular weight is 501 g/mol. The molecule has 0 aliphatic carbocycles. The number of hydrogen-bond donors (Lipinski definition) is 1. The minimum absolute atomic E-state index is 0.0376. The van der Waals surface area contributed by atoms with Crippen LogP contribution in [-0.2, 0) is 19.5 Å². The van der Waals surface area contributed by atoms with Crippen molar-refractivity contribution < 1.29 is 26.5 Å². The summed E-state index contributed by atoms with van der Waals surface area (Å²) in [6, 6.07) is 12.8. The van der Waals surface area contributed by atoms with Crippen LogP contribution in [0.2, 0.25) is 0 Å². The highest BCUT2D eigenvalue weighted by Crippen LogP contribution is 2.27. The maximum atomic E-state index is 14.1. The molecule has 0 amide bonds. The number of nitrogens with zero attached hydrogens (tertiary/aromatic N) is 4. The third kappa shape index (κ3) is 5.29. The molecule has 0 unspecified atom stereocenters. The van der Waals surface area contributed by atoms with Gasteiger partial charge in [0.25, 0.3) is 0 Å². The Labute approximate surface area is 202 Å². The minimum Gasteiger partial charge on any atom is -0.359 e. The summed E-state index contributed by atoms with van der Waals surface area (Å²) in [5.41, 5.74) is 3.48. The van der Waals surface area contributed by atoms with Crippen LogP contribution < -0.4 is 0 Å². The molecule has 1 aliphatic rings. The summed E-state index contributed by atoms with van der Waals surface area (Å²) in [7, 11) is 0. The predicted molar refractivity (Wildman–Crippen MR) is 122 cm³/mol. The molecule has 0 saturated heterocycles. The van der Waals surface area contributed by atoms with Crippen molar-refractivity contribution >= 4 is 6.21 Å². The first-order valence-corrected chi connectivity index (χ1v) is 11.2. The van der Waals surface area contributed by atoms with Gasteiger partial charge < -0.3 is 9.51 Å². The van der Waals surface area contributed by atoms with E-state index in [9.17, 15) is 22.0 Å². The average Bonchev–Trinajstić information content (AvgIpc) is 3.47. The number of nitrogens with one attached hydrogen (secondary N) is 1. The van der Waals surface area contributed by atoms with Gasteiger partial charge in [-0.1, -0.05) is 35.5 Å². The third-order valence-corrected chi connectivity index (χ3v) is 5.77. The zero-order valence-corrected chi connectivity index (χ0v) is 18.8. The van der Waals surface area contributed by atoms with E-state index in [1.54, 1.807) is 35.3 Å². The first-order chi connectivity index (χ1) is 17.2. The number of hydrogen-bond acceptors (Lipinski definition) is 5. The summed E-state index contributed by atoms with van der Waals surface area (Å²) in [5.74, 6) is -1.15. The number of aryl methyl sites for hydroxylation is 1. The first-order valence-electron chi connectivity index (χ1n) is 11.2. The molecule has 36 heavy (non-hydrogen) atoms. The molecule has 11 heteroatoms. The van der Waals surface area contributed by atoms with Gasteiger partial charge in [0, 0.05) is 18.1 Å². The molecular formula is C25H20F5N5O. The SMILES string of the molecule is Fc1cccc(-c2nc3c([nH]2)CN(Cc2cc(-c4ccc(CCCC(F)(F)F)cc4)no2)N=C3)c1F. The van der Waals surface area contributed by atoms with Crippen molar-refractivity contribution in [3.05, 3.63) is 82.9 Å². The zero-order valence-electron chi connectivity index (χ0n) is 18.8. The molecule has 0 radical (unpaired) electrons. The Morgan fingerprint density at radius 2 is 1.86 bits per heavy atom. The van der Waals surface area contributed by atoms with E-state index in [2.05, 4.69) is 20.2 Å². The topological polar surface area (TPSA) is 70.3 Å². The van der Waals surface area contributed by atoms with E-state index < -0.39 is 24.2 Å². The number of imidazole rings is 1. The Bertz CT molecular complexity index is 1390. The molecule has 2 aromatic heterocycles. The van der Waals surface area contributed by atoms with Gasteiger partial charge in [-0.3, -0.25) is 5.01 Å². The van der Waals surface area contributed by atoms with E-state index in [-0.39, 0.29) is 17.8 Å². The van der Waals surface area contributed by atoms with Crippen LogP contribution in [0.3, 0.4) is 0 Å². The Morgan fingerprint density at radius 3 is 2.64 bits per heavy atom. The van der Waals surface area contributed by atoms with Gasteiger partial charge in [-0.2, -0.15) is 18.3 Å². The fourth-order valence-electron chi connectivity index (χ4n) is 3.96. The number of aromatic amines is 1. The maximum absolute atomic E-state index is 14.1. The van der Waals surface area contributed by atoms with Gasteiger partial charge in [0.2, 0.25) is 0 Å². The zero-order chi connectivity index (χ0) is 25.3. The fraction of sp³-hybridized carbons (Fsp3) is 0.240. The predicted octanol–water partition coefficient (Wildman–Crippen LogP) is 6.24. The molecule has 0 spiro atoms. The summed E-state index contributed by atoms with van der Waals surface area (Å²) >= 11 is 0. The molecule has 1 N–H and O–H groups in total. The smallest absolute Gasteiger partial charge is 0.359 e. The second-order valence-corrected chi connectivity index (χ2v) is 8.46. The van der Waals surface area contributed by atoms with Crippen LogP contribution >= 0.6 is 0 Å². The van der Waals surface area contributed by atoms with E-state index in [1.165, 1.54) is 18.3 Å². The normalized spacial score (nSPS) is 13.3. The van der Waals surface area contributed by atoms with Crippen LogP contribution in [0.15, 0.2) is 58.2 Å². The number of halogens is 5. The lowest BCUT2D eigenvalue weighted by molar-refractivity contribution is -0.135. The summed E-state index contributed by atoms with van der Waals surface area (Å²) in [4.78, 5) is 7.35. The van der Waals surface area contributed by atoms with E-state index in [0.717, 1.165) is 17.2 Å². The second kappa shape index (κ2) is 9.56. The standard InChI is InChI=1S/C25H20F5N5O/c26-19-5-1-4-18(23(19)27)24-32-21-12-31-35(14-22(21)33-24)13-17-11-20(34-36-17)16-8-6-15(7-9-16)3-2-10-25(28,29)30/h1,4-9,11-12H,2-3,10,13-14H2,(H,32,33). The van der Waals surface area contributed by atoms with Crippen molar-refractivity contribution in [2.45, 2.75) is 38.5 Å². The molecule has 0 atom stereocenters. The Morgan fingerprint density at radius 1 is 1.06 bits per heavy atom. The van der Waals surface area contributed by atoms with Crippen LogP contribution in [0.1, 0.15) is 35.6 Å². The van der Waals surface area contributed by atoms with E-state index >= 15 is 0 Å². The fourth-order valence-corrected chi connectivity index (χ4v) is 3.96. The van der Waals surface area contributed by atoms with Crippen molar-refractivity contribution in [2.24, 2.45) is 5.10 Å². The third-order valence-electron chi connectivity index (χ3n) is 5.77. The summed E-state index contributed by atoms with van der Waals surface area (Å²) in [6.07, 6.45) is -3.02. The lowest BCUT2D eigenvalue weighted by Crippen LogP contribution is -2.21. The molecule has 1 aliphatic heterocycles. The maximum Gasteiger partial charge on any atom is 0.389 e. The van der Waals surface area contributed by atoms with Gasteiger partial charge in [0.15, 0.2) is 17.4 Å². The monoisotopic (exact) mass is 501 g/mol. The van der Waals surface area contributed by atoms with Crippen molar-refractivity contribution in [3.63, 3.8) is 0 Å². The number of fused-ring (bicyclic) bond motifs is 1. The number of H-pyrrole nitrogens is 1.